The van der Waals surface area contributed by atoms with Crippen LogP contribution in [0.5, 0.6) is 5.75 Å². The van der Waals surface area contributed by atoms with Gasteiger partial charge in [0.2, 0.25) is 0 Å². The molecule has 1 rings (SSSR count). The van der Waals surface area contributed by atoms with Crippen LogP contribution in [0.3, 0.4) is 0 Å². The molecule has 3 nitrogen and oxygen atoms in total. The molecule has 0 saturated heterocycles. The van der Waals surface area contributed by atoms with Crippen LogP contribution in [0.25, 0.3) is 0 Å². The molecule has 0 unspecified atom stereocenters. The lowest BCUT2D eigenvalue weighted by Gasteiger charge is -1.87. The monoisotopic (exact) mass is 262 g/mol. The minimum atomic E-state index is -3.72. The van der Waals surface area contributed by atoms with Crippen LogP contribution in [-0.2, 0) is 8.26 Å². The second-order valence-corrected chi connectivity index (χ2v) is 5.96. The number of hydrogen-bond acceptors (Lipinski definition) is 3. The largest absolute Gasteiger partial charge is 0.508 e. The Morgan fingerprint density at radius 3 is 1.62 bits per heavy atom. The molecule has 13 heavy (non-hydrogen) atoms. The Labute approximate surface area is 89.8 Å². The number of phenolic OH excluding ortho intramolecular Hbond substituents is 1. The van der Waals surface area contributed by atoms with Crippen molar-refractivity contribution in [1.82, 2.24) is 0 Å². The van der Waals surface area contributed by atoms with Gasteiger partial charge >= 0.3 is 8.26 Å². The first-order valence-electron chi connectivity index (χ1n) is 2.88. The number of hydrogen-bond donors (Lipinski definition) is 1. The molecule has 0 aliphatic carbocycles. The molecule has 0 aliphatic rings. The molecule has 0 heterocycles. The van der Waals surface area contributed by atoms with E-state index in [-0.39, 0.29) is 5.75 Å². The third kappa shape index (κ3) is 11.8. The predicted molar refractivity (Wildman–Crippen MR) is 53.7 cm³/mol. The first kappa shape index (κ1) is 12.8. The highest BCUT2D eigenvalue weighted by Crippen LogP contribution is 2.12. The molecule has 0 fully saturated rings. The fourth-order valence-corrected chi connectivity index (χ4v) is 0.567. The van der Waals surface area contributed by atoms with Crippen LogP contribution >= 0.6 is 33.0 Å². The summed E-state index contributed by atoms with van der Waals surface area (Å²) in [4.78, 5) is 0. The highest BCUT2D eigenvalue weighted by molar-refractivity contribution is 8.31. The van der Waals surface area contributed by atoms with Gasteiger partial charge < -0.3 is 5.11 Å². The van der Waals surface area contributed by atoms with Crippen molar-refractivity contribution in [2.24, 2.45) is 0 Å². The summed E-state index contributed by atoms with van der Waals surface area (Å²) < 4.78 is 18.3. The van der Waals surface area contributed by atoms with Crippen LogP contribution in [0.2, 0.25) is 5.02 Å². The second kappa shape index (κ2) is 5.54. The van der Waals surface area contributed by atoms with Gasteiger partial charge in [0.25, 0.3) is 0 Å². The van der Waals surface area contributed by atoms with Gasteiger partial charge in [0, 0.05) is 26.4 Å². The summed E-state index contributed by atoms with van der Waals surface area (Å²) in [6.07, 6.45) is 0. The second-order valence-electron chi connectivity index (χ2n) is 1.85. The van der Waals surface area contributed by atoms with Crippen molar-refractivity contribution in [3.63, 3.8) is 0 Å². The summed E-state index contributed by atoms with van der Waals surface area (Å²) in [6, 6.07) is 6.36. The average molecular weight is 264 g/mol. The summed E-state index contributed by atoms with van der Waals surface area (Å²) in [6.45, 7) is 0. The Kier molecular flexibility index (Phi) is 5.48. The fourth-order valence-electron chi connectivity index (χ4n) is 0.441. The van der Waals surface area contributed by atoms with Crippen LogP contribution in [-0.4, -0.2) is 13.5 Å². The summed E-state index contributed by atoms with van der Waals surface area (Å²) >= 11 is 5.50. The lowest BCUT2D eigenvalue weighted by molar-refractivity contribution is 0.475. The minimum absolute atomic E-state index is 0.245. The van der Waals surface area contributed by atoms with Gasteiger partial charge in [-0.2, -0.15) is 8.42 Å². The topological polar surface area (TPSA) is 54.4 Å². The molecule has 0 spiro atoms. The van der Waals surface area contributed by atoms with E-state index in [0.717, 1.165) is 0 Å². The fraction of sp³-hybridized carbons (Fsp3) is 0. The third-order valence-electron chi connectivity index (χ3n) is 0.827. The van der Waals surface area contributed by atoms with E-state index in [4.69, 9.17) is 25.1 Å². The van der Waals surface area contributed by atoms with Crippen molar-refractivity contribution in [2.45, 2.75) is 0 Å². The van der Waals surface area contributed by atoms with Gasteiger partial charge in [-0.15, -0.1) is 0 Å². The van der Waals surface area contributed by atoms with Gasteiger partial charge in [-0.05, 0) is 24.3 Å². The van der Waals surface area contributed by atoms with Crippen molar-refractivity contribution >= 4 is 41.2 Å². The van der Waals surface area contributed by atoms with Gasteiger partial charge in [-0.25, -0.2) is 0 Å². The predicted octanol–water partition coefficient (Wildman–Crippen LogP) is 2.75. The molecule has 7 heteroatoms. The van der Waals surface area contributed by atoms with E-state index in [1.165, 1.54) is 0 Å². The molecule has 74 valence electrons. The van der Waals surface area contributed by atoms with Gasteiger partial charge in [-0.3, -0.25) is 0 Å². The number of benzene rings is 1. The molecular weight excluding hydrogens is 258 g/mol. The molecular formula is C6H5Cl3O3S. The molecule has 0 aliphatic heterocycles. The highest BCUT2D eigenvalue weighted by atomic mass is 36.0. The van der Waals surface area contributed by atoms with Crippen LogP contribution in [0, 0.1) is 0 Å². The average Bonchev–Trinajstić information content (AvgIpc) is 1.92. The number of phenols is 1. The van der Waals surface area contributed by atoms with Crippen molar-refractivity contribution in [3.8, 4) is 5.75 Å². The van der Waals surface area contributed by atoms with Gasteiger partial charge in [-0.1, -0.05) is 11.6 Å². The summed E-state index contributed by atoms with van der Waals surface area (Å²) in [7, 11) is 4.81. The van der Waals surface area contributed by atoms with Gasteiger partial charge in [0.05, 0.1) is 0 Å². The summed E-state index contributed by atoms with van der Waals surface area (Å²) in [5, 5.41) is 9.34. The van der Waals surface area contributed by atoms with Crippen molar-refractivity contribution in [3.05, 3.63) is 29.3 Å². The summed E-state index contributed by atoms with van der Waals surface area (Å²) in [5.41, 5.74) is 0. The van der Waals surface area contributed by atoms with Crippen molar-refractivity contribution in [1.29, 1.82) is 0 Å². The SMILES string of the molecule is O=S(=O)(Cl)Cl.Oc1ccc(Cl)cc1. The zero-order valence-electron chi connectivity index (χ0n) is 6.12. The normalized spacial score (nSPS) is 10.1. The summed E-state index contributed by atoms with van der Waals surface area (Å²) in [5.74, 6) is 0.245. The third-order valence-corrected chi connectivity index (χ3v) is 1.08. The lowest BCUT2D eigenvalue weighted by Crippen LogP contribution is -1.63. The minimum Gasteiger partial charge on any atom is -0.508 e. The molecule has 0 atom stereocenters. The number of aromatic hydroxyl groups is 1. The molecule has 0 bridgehead atoms. The van der Waals surface area contributed by atoms with E-state index in [1.807, 2.05) is 0 Å². The number of rotatable bonds is 0. The zero-order valence-corrected chi connectivity index (χ0v) is 9.20. The van der Waals surface area contributed by atoms with E-state index in [9.17, 15) is 0 Å². The van der Waals surface area contributed by atoms with Crippen LogP contribution in [0.15, 0.2) is 24.3 Å². The molecule has 0 saturated carbocycles. The molecule has 0 radical (unpaired) electrons. The van der Waals surface area contributed by atoms with Crippen LogP contribution in [0.4, 0.5) is 0 Å². The Morgan fingerprint density at radius 2 is 1.38 bits per heavy atom. The lowest BCUT2D eigenvalue weighted by atomic mass is 10.3. The Bertz CT molecular complexity index is 317. The van der Waals surface area contributed by atoms with E-state index in [0.29, 0.717) is 5.02 Å². The molecule has 1 aromatic rings. The quantitative estimate of drug-likeness (QED) is 0.732. The van der Waals surface area contributed by atoms with E-state index >= 15 is 0 Å². The molecule has 0 aromatic heterocycles. The standard InChI is InChI=1S/C6H5ClO.Cl2O2S/c7-5-1-3-6(8)4-2-5;1-5(2,3)4/h1-4,8H;. The maximum absolute atomic E-state index is 9.16. The maximum atomic E-state index is 9.16. The van der Waals surface area contributed by atoms with E-state index in [2.05, 4.69) is 21.4 Å². The van der Waals surface area contributed by atoms with Crippen molar-refractivity contribution in [2.75, 3.05) is 0 Å². The molecule has 1 aromatic carbocycles. The van der Waals surface area contributed by atoms with Crippen LogP contribution < -0.4 is 0 Å². The van der Waals surface area contributed by atoms with Crippen molar-refractivity contribution < 1.29 is 13.5 Å². The number of halogens is 3. The zero-order chi connectivity index (χ0) is 10.5. The molecule has 0 amide bonds. The van der Waals surface area contributed by atoms with Crippen LogP contribution in [0.1, 0.15) is 0 Å². The molecule has 1 N–H and O–H groups in total. The smallest absolute Gasteiger partial charge is 0.317 e. The maximum Gasteiger partial charge on any atom is 0.317 e. The van der Waals surface area contributed by atoms with E-state index in [1.54, 1.807) is 24.3 Å². The first-order chi connectivity index (χ1) is 5.79. The first-order valence-corrected chi connectivity index (χ1v) is 6.39. The highest BCUT2D eigenvalue weighted by Gasteiger charge is 1.88. The van der Waals surface area contributed by atoms with E-state index < -0.39 is 8.26 Å². The Morgan fingerprint density at radius 1 is 1.08 bits per heavy atom. The Hall–Kier alpha value is -0.160. The van der Waals surface area contributed by atoms with Gasteiger partial charge in [0.1, 0.15) is 5.75 Å². The van der Waals surface area contributed by atoms with Gasteiger partial charge in [0.15, 0.2) is 0 Å². The Balaban J connectivity index is 0.000000252.